The molecule has 22 heavy (non-hydrogen) atoms. The zero-order valence-electron chi connectivity index (χ0n) is 12.2. The van der Waals surface area contributed by atoms with Gasteiger partial charge in [0.15, 0.2) is 0 Å². The molecule has 0 saturated carbocycles. The van der Waals surface area contributed by atoms with E-state index in [1.165, 1.54) is 0 Å². The Morgan fingerprint density at radius 1 is 1.27 bits per heavy atom. The van der Waals surface area contributed by atoms with E-state index in [-0.39, 0.29) is 6.61 Å². The van der Waals surface area contributed by atoms with Gasteiger partial charge in [0.2, 0.25) is 0 Å². The maximum Gasteiger partial charge on any atom is 0.142 e. The molecule has 3 aromatic rings. The highest BCUT2D eigenvalue weighted by molar-refractivity contribution is 7.16. The Kier molecular flexibility index (Phi) is 4.33. The molecule has 114 valence electrons. The van der Waals surface area contributed by atoms with Crippen LogP contribution in [-0.4, -0.2) is 26.8 Å². The van der Waals surface area contributed by atoms with Gasteiger partial charge < -0.3 is 15.5 Å². The fourth-order valence-corrected chi connectivity index (χ4v) is 3.00. The average molecular weight is 315 g/mol. The van der Waals surface area contributed by atoms with Gasteiger partial charge in [0, 0.05) is 12.1 Å². The monoisotopic (exact) mass is 315 g/mol. The Labute approximate surface area is 132 Å². The number of fused-ring (bicyclic) bond motifs is 1. The van der Waals surface area contributed by atoms with E-state index in [2.05, 4.69) is 15.3 Å². The lowest BCUT2D eigenvalue weighted by Gasteiger charge is -2.12. The number of anilines is 2. The second-order valence-electron chi connectivity index (χ2n) is 4.93. The summed E-state index contributed by atoms with van der Waals surface area (Å²) in [6, 6.07) is 9.33. The minimum atomic E-state index is -0.875. The predicted octanol–water partition coefficient (Wildman–Crippen LogP) is 3.02. The summed E-state index contributed by atoms with van der Waals surface area (Å²) < 4.78 is 0. The van der Waals surface area contributed by atoms with Gasteiger partial charge in [-0.3, -0.25) is 0 Å². The van der Waals surface area contributed by atoms with Gasteiger partial charge in [-0.25, -0.2) is 9.97 Å². The molecule has 0 amide bonds. The normalized spacial score (nSPS) is 12.5. The number of aromatic nitrogens is 2. The predicted molar refractivity (Wildman–Crippen MR) is 88.6 cm³/mol. The van der Waals surface area contributed by atoms with Gasteiger partial charge in [-0.05, 0) is 29.1 Å². The van der Waals surface area contributed by atoms with E-state index in [1.54, 1.807) is 17.4 Å². The van der Waals surface area contributed by atoms with Crippen LogP contribution in [-0.2, 0) is 6.42 Å². The summed E-state index contributed by atoms with van der Waals surface area (Å²) in [5.74, 6) is 1.56. The molecule has 2 heterocycles. The largest absolute Gasteiger partial charge is 0.393 e. The molecule has 0 fully saturated rings. The summed E-state index contributed by atoms with van der Waals surface area (Å²) >= 11 is 1.59. The van der Waals surface area contributed by atoms with Crippen LogP contribution in [0.5, 0.6) is 0 Å². The number of aryl methyl sites for hydroxylation is 1. The number of hydrogen-bond acceptors (Lipinski definition) is 6. The smallest absolute Gasteiger partial charge is 0.142 e. The molecule has 2 aromatic heterocycles. The molecule has 0 spiro atoms. The first-order valence-electron chi connectivity index (χ1n) is 7.11. The van der Waals surface area contributed by atoms with Gasteiger partial charge >= 0.3 is 0 Å². The molecule has 1 aromatic carbocycles. The van der Waals surface area contributed by atoms with Gasteiger partial charge in [-0.15, -0.1) is 11.3 Å². The fraction of sp³-hybridized carbons (Fsp3) is 0.250. The number of rotatable bonds is 5. The standard InChI is InChI=1S/C16H17N3O2S/c1-2-14-18-15(12-6-7-22-16(12)19-14)17-11-5-3-4-10(8-11)13(21)9-20/h3-8,13,20-21H,2,9H2,1H3,(H,17,18,19). The lowest BCUT2D eigenvalue weighted by Crippen LogP contribution is -2.04. The SMILES string of the molecule is CCc1nc(Nc2cccc(C(O)CO)c2)c2ccsc2n1. The molecule has 3 rings (SSSR count). The Morgan fingerprint density at radius 2 is 2.14 bits per heavy atom. The second-order valence-corrected chi connectivity index (χ2v) is 5.82. The molecule has 0 aliphatic carbocycles. The van der Waals surface area contributed by atoms with Crippen LogP contribution in [0.2, 0.25) is 0 Å². The molecular formula is C16H17N3O2S. The summed E-state index contributed by atoms with van der Waals surface area (Å²) in [5, 5.41) is 25.1. The van der Waals surface area contributed by atoms with Gasteiger partial charge in [-0.1, -0.05) is 19.1 Å². The maximum atomic E-state index is 9.74. The van der Waals surface area contributed by atoms with Crippen LogP contribution < -0.4 is 5.32 Å². The van der Waals surface area contributed by atoms with Crippen LogP contribution in [0.4, 0.5) is 11.5 Å². The van der Waals surface area contributed by atoms with Gasteiger partial charge in [0.25, 0.3) is 0 Å². The Morgan fingerprint density at radius 3 is 2.91 bits per heavy atom. The fourth-order valence-electron chi connectivity index (χ4n) is 2.22. The third kappa shape index (κ3) is 2.94. The number of nitrogens with zero attached hydrogens (tertiary/aromatic N) is 2. The zero-order chi connectivity index (χ0) is 15.5. The van der Waals surface area contributed by atoms with E-state index in [1.807, 2.05) is 36.6 Å². The Balaban J connectivity index is 1.97. The summed E-state index contributed by atoms with van der Waals surface area (Å²) in [7, 11) is 0. The lowest BCUT2D eigenvalue weighted by atomic mass is 10.1. The number of benzene rings is 1. The minimum Gasteiger partial charge on any atom is -0.393 e. The van der Waals surface area contributed by atoms with Crippen LogP contribution in [0, 0.1) is 0 Å². The van der Waals surface area contributed by atoms with Crippen molar-refractivity contribution in [2.24, 2.45) is 0 Å². The Bertz CT molecular complexity index is 788. The molecular weight excluding hydrogens is 298 g/mol. The third-order valence-electron chi connectivity index (χ3n) is 3.39. The first kappa shape index (κ1) is 14.9. The summed E-state index contributed by atoms with van der Waals surface area (Å²) in [6.07, 6.45) is -0.106. The lowest BCUT2D eigenvalue weighted by molar-refractivity contribution is 0.0956. The van der Waals surface area contributed by atoms with Crippen molar-refractivity contribution in [3.63, 3.8) is 0 Å². The molecule has 0 saturated heterocycles. The molecule has 0 bridgehead atoms. The number of aliphatic hydroxyl groups excluding tert-OH is 2. The minimum absolute atomic E-state index is 0.300. The summed E-state index contributed by atoms with van der Waals surface area (Å²) in [4.78, 5) is 10.0. The zero-order valence-corrected chi connectivity index (χ0v) is 13.0. The molecule has 0 aliphatic heterocycles. The van der Waals surface area contributed by atoms with Crippen LogP contribution in [0.1, 0.15) is 24.4 Å². The van der Waals surface area contributed by atoms with E-state index < -0.39 is 6.10 Å². The van der Waals surface area contributed by atoms with Gasteiger partial charge in [-0.2, -0.15) is 0 Å². The van der Waals surface area contributed by atoms with Crippen molar-refractivity contribution < 1.29 is 10.2 Å². The molecule has 1 unspecified atom stereocenters. The van der Waals surface area contributed by atoms with Crippen LogP contribution >= 0.6 is 11.3 Å². The first-order valence-corrected chi connectivity index (χ1v) is 7.99. The molecule has 0 aliphatic rings. The number of thiophene rings is 1. The van der Waals surface area contributed by atoms with Crippen LogP contribution in [0.25, 0.3) is 10.2 Å². The topological polar surface area (TPSA) is 78.3 Å². The third-order valence-corrected chi connectivity index (χ3v) is 4.20. The first-order chi connectivity index (χ1) is 10.7. The highest BCUT2D eigenvalue weighted by Gasteiger charge is 2.10. The molecule has 3 N–H and O–H groups in total. The number of nitrogens with one attached hydrogen (secondary N) is 1. The number of hydrogen-bond donors (Lipinski definition) is 3. The summed E-state index contributed by atoms with van der Waals surface area (Å²) in [6.45, 7) is 1.72. The van der Waals surface area contributed by atoms with Gasteiger partial charge in [0.05, 0.1) is 12.0 Å². The van der Waals surface area contributed by atoms with E-state index in [0.29, 0.717) is 5.56 Å². The molecule has 1 atom stereocenters. The van der Waals surface area contributed by atoms with E-state index >= 15 is 0 Å². The van der Waals surface area contributed by atoms with Crippen molar-refractivity contribution >= 4 is 33.1 Å². The molecule has 6 heteroatoms. The highest BCUT2D eigenvalue weighted by atomic mass is 32.1. The van der Waals surface area contributed by atoms with E-state index in [9.17, 15) is 5.11 Å². The van der Waals surface area contributed by atoms with Crippen LogP contribution in [0.3, 0.4) is 0 Å². The number of aliphatic hydroxyl groups is 2. The molecule has 0 radical (unpaired) electrons. The van der Waals surface area contributed by atoms with Crippen molar-refractivity contribution in [1.82, 2.24) is 9.97 Å². The van der Waals surface area contributed by atoms with Gasteiger partial charge in [0.1, 0.15) is 22.6 Å². The molecule has 5 nitrogen and oxygen atoms in total. The summed E-state index contributed by atoms with van der Waals surface area (Å²) in [5.41, 5.74) is 1.48. The maximum absolute atomic E-state index is 9.74. The van der Waals surface area contributed by atoms with E-state index in [4.69, 9.17) is 5.11 Å². The van der Waals surface area contributed by atoms with E-state index in [0.717, 1.165) is 34.0 Å². The average Bonchev–Trinajstić information content (AvgIpc) is 3.03. The van der Waals surface area contributed by atoms with Crippen molar-refractivity contribution in [3.8, 4) is 0 Å². The Hall–Kier alpha value is -2.02. The van der Waals surface area contributed by atoms with Crippen molar-refractivity contribution in [2.75, 3.05) is 11.9 Å². The second kappa shape index (κ2) is 6.39. The highest BCUT2D eigenvalue weighted by Crippen LogP contribution is 2.28. The van der Waals surface area contributed by atoms with Crippen molar-refractivity contribution in [1.29, 1.82) is 0 Å². The van der Waals surface area contributed by atoms with Crippen LogP contribution in [0.15, 0.2) is 35.7 Å². The quantitative estimate of drug-likeness (QED) is 0.674. The van der Waals surface area contributed by atoms with Crippen molar-refractivity contribution in [3.05, 3.63) is 47.1 Å². The van der Waals surface area contributed by atoms with Crippen molar-refractivity contribution in [2.45, 2.75) is 19.4 Å².